The predicted molar refractivity (Wildman–Crippen MR) is 162 cm³/mol. The fourth-order valence-electron chi connectivity index (χ4n) is 2.95. The zero-order valence-corrected chi connectivity index (χ0v) is 29.5. The molecule has 3 nitrogen and oxygen atoms in total. The van der Waals surface area contributed by atoms with Crippen molar-refractivity contribution in [1.82, 2.24) is 0 Å². The van der Waals surface area contributed by atoms with Gasteiger partial charge in [-0.1, -0.05) is 47.8 Å². The van der Waals surface area contributed by atoms with Crippen molar-refractivity contribution in [1.29, 1.82) is 0 Å². The van der Waals surface area contributed by atoms with Crippen molar-refractivity contribution in [2.24, 2.45) is 0 Å². The van der Waals surface area contributed by atoms with Gasteiger partial charge < -0.3 is 14.2 Å². The van der Waals surface area contributed by atoms with Crippen LogP contribution < -0.4 is 9.47 Å². The van der Waals surface area contributed by atoms with Gasteiger partial charge in [-0.05, 0) is 126 Å². The maximum atomic E-state index is 6.09. The molecule has 0 saturated carbocycles. The van der Waals surface area contributed by atoms with E-state index in [1.807, 2.05) is 20.8 Å². The molecule has 0 aliphatic rings. The van der Waals surface area contributed by atoms with E-state index in [1.54, 1.807) is 0 Å². The molecule has 0 aliphatic carbocycles. The van der Waals surface area contributed by atoms with Gasteiger partial charge in [0.05, 0.1) is 28.3 Å². The van der Waals surface area contributed by atoms with E-state index in [9.17, 15) is 0 Å². The van der Waals surface area contributed by atoms with Gasteiger partial charge in [-0.25, -0.2) is 0 Å². The van der Waals surface area contributed by atoms with E-state index in [4.69, 9.17) is 14.2 Å². The number of rotatable bonds is 11. The first-order chi connectivity index (χ1) is 15.4. The van der Waals surface area contributed by atoms with Crippen LogP contribution in [0.25, 0.3) is 0 Å². The molecule has 0 spiro atoms. The molecule has 2 unspecified atom stereocenters. The van der Waals surface area contributed by atoms with Crippen molar-refractivity contribution >= 4 is 112 Å². The quantitative estimate of drug-likeness (QED) is 0.211. The van der Waals surface area contributed by atoms with Gasteiger partial charge in [0.15, 0.2) is 0 Å². The maximum Gasteiger partial charge on any atom is 0.147 e. The van der Waals surface area contributed by atoms with Crippen LogP contribution in [0.2, 0.25) is 0 Å². The standard InChI is InChI=1S/C23H25Br7O3/c1-23(2,3)33-16(10-25)12-32-22-19(29)7-14(8-20(22)30)4-13-5-17(27)21(18(28)6-13)31-11-15(26)9-24/h5-8,15-16H,4,9-12H2,1-3H3. The molecule has 0 fully saturated rings. The molecule has 0 heterocycles. The van der Waals surface area contributed by atoms with Crippen molar-refractivity contribution < 1.29 is 14.2 Å². The first-order valence-electron chi connectivity index (χ1n) is 10.1. The third-order valence-electron chi connectivity index (χ3n) is 4.21. The monoisotopic (exact) mass is 902 g/mol. The predicted octanol–water partition coefficient (Wildman–Crippen LogP) is 9.82. The molecule has 0 aliphatic heterocycles. The van der Waals surface area contributed by atoms with Crippen LogP contribution in [-0.2, 0) is 11.2 Å². The summed E-state index contributed by atoms with van der Waals surface area (Å²) in [5, 5.41) is 1.53. The molecule has 0 aromatic heterocycles. The zero-order valence-electron chi connectivity index (χ0n) is 18.4. The van der Waals surface area contributed by atoms with Gasteiger partial charge >= 0.3 is 0 Å². The second-order valence-electron chi connectivity index (χ2n) is 8.33. The van der Waals surface area contributed by atoms with Gasteiger partial charge in [-0.2, -0.15) is 0 Å². The summed E-state index contributed by atoms with van der Waals surface area (Å²) in [5.74, 6) is 1.57. The molecule has 2 rings (SSSR count). The number of alkyl halides is 3. The summed E-state index contributed by atoms with van der Waals surface area (Å²) in [6, 6.07) is 8.36. The fourth-order valence-corrected chi connectivity index (χ4v) is 6.60. The van der Waals surface area contributed by atoms with E-state index in [0.29, 0.717) is 18.5 Å². The number of hydrogen-bond donors (Lipinski definition) is 0. The Kier molecular flexibility index (Phi) is 13.3. The normalized spacial score (nSPS) is 13.6. The molecule has 2 aromatic rings. The summed E-state index contributed by atoms with van der Waals surface area (Å²) in [7, 11) is 0. The topological polar surface area (TPSA) is 27.7 Å². The lowest BCUT2D eigenvalue weighted by molar-refractivity contribution is -0.0643. The van der Waals surface area contributed by atoms with E-state index in [0.717, 1.165) is 52.3 Å². The molecule has 0 radical (unpaired) electrons. The minimum absolute atomic E-state index is 0.0479. The van der Waals surface area contributed by atoms with Crippen LogP contribution in [0.3, 0.4) is 0 Å². The summed E-state index contributed by atoms with van der Waals surface area (Å²) < 4.78 is 21.7. The molecule has 0 N–H and O–H groups in total. The lowest BCUT2D eigenvalue weighted by atomic mass is 10.0. The van der Waals surface area contributed by atoms with Crippen molar-refractivity contribution in [3.05, 3.63) is 53.3 Å². The van der Waals surface area contributed by atoms with Crippen LogP contribution >= 0.6 is 112 Å². The first-order valence-corrected chi connectivity index (χ1v) is 16.4. The second kappa shape index (κ2) is 14.3. The Morgan fingerprint density at radius 2 is 1.15 bits per heavy atom. The molecule has 184 valence electrons. The number of hydrogen-bond acceptors (Lipinski definition) is 3. The Balaban J connectivity index is 2.12. The van der Waals surface area contributed by atoms with Crippen LogP contribution in [0.15, 0.2) is 42.2 Å². The van der Waals surface area contributed by atoms with Gasteiger partial charge in [-0.15, -0.1) is 0 Å². The Morgan fingerprint density at radius 1 is 0.727 bits per heavy atom. The van der Waals surface area contributed by atoms with Gasteiger partial charge in [0, 0.05) is 10.7 Å². The molecular formula is C23H25Br7O3. The summed E-state index contributed by atoms with van der Waals surface area (Å²) in [5.41, 5.74) is 2.08. The Bertz CT molecular complexity index is 885. The highest BCUT2D eigenvalue weighted by Gasteiger charge is 2.20. The van der Waals surface area contributed by atoms with Gasteiger partial charge in [-0.3, -0.25) is 0 Å². The molecule has 2 aromatic carbocycles. The van der Waals surface area contributed by atoms with Gasteiger partial charge in [0.25, 0.3) is 0 Å². The largest absolute Gasteiger partial charge is 0.490 e. The third-order valence-corrected chi connectivity index (χ3v) is 9.52. The van der Waals surface area contributed by atoms with Crippen molar-refractivity contribution in [3.8, 4) is 11.5 Å². The minimum atomic E-state index is -0.229. The summed E-state index contributed by atoms with van der Waals surface area (Å²) in [4.78, 5) is 0.247. The third kappa shape index (κ3) is 10.3. The van der Waals surface area contributed by atoms with Crippen molar-refractivity contribution in [2.45, 2.75) is 43.7 Å². The number of ether oxygens (including phenoxy) is 3. The Labute approximate surface area is 255 Å². The molecular weight excluding hydrogens is 884 g/mol. The van der Waals surface area contributed by atoms with E-state index < -0.39 is 0 Å². The SMILES string of the molecule is CC(C)(C)OC(CBr)COc1c(Br)cc(Cc2cc(Br)c(OCC(Br)CBr)c(Br)c2)cc1Br. The molecule has 10 heteroatoms. The highest BCUT2D eigenvalue weighted by Crippen LogP contribution is 2.38. The van der Waals surface area contributed by atoms with Crippen molar-refractivity contribution in [2.75, 3.05) is 23.9 Å². The average molecular weight is 909 g/mol. The van der Waals surface area contributed by atoms with Crippen LogP contribution in [0, 0.1) is 0 Å². The van der Waals surface area contributed by atoms with E-state index in [2.05, 4.69) is 136 Å². The highest BCUT2D eigenvalue weighted by molar-refractivity contribution is 9.12. The number of benzene rings is 2. The molecule has 33 heavy (non-hydrogen) atoms. The van der Waals surface area contributed by atoms with Gasteiger partial charge in [0.1, 0.15) is 30.8 Å². The highest BCUT2D eigenvalue weighted by atomic mass is 79.9. The Hall–Kier alpha value is 1.36. The number of halogens is 7. The summed E-state index contributed by atoms with van der Waals surface area (Å²) in [6.07, 6.45) is 0.711. The van der Waals surface area contributed by atoms with E-state index in [-0.39, 0.29) is 16.5 Å². The van der Waals surface area contributed by atoms with E-state index in [1.165, 1.54) is 0 Å². The van der Waals surface area contributed by atoms with Crippen LogP contribution in [0.1, 0.15) is 31.9 Å². The average Bonchev–Trinajstić information content (AvgIpc) is 2.70. The lowest BCUT2D eigenvalue weighted by Gasteiger charge is -2.26. The van der Waals surface area contributed by atoms with Crippen LogP contribution in [0.5, 0.6) is 11.5 Å². The Morgan fingerprint density at radius 3 is 1.52 bits per heavy atom. The maximum absolute atomic E-state index is 6.09. The lowest BCUT2D eigenvalue weighted by Crippen LogP contribution is -2.32. The molecule has 0 saturated heterocycles. The van der Waals surface area contributed by atoms with Crippen molar-refractivity contribution in [3.63, 3.8) is 0 Å². The summed E-state index contributed by atoms with van der Waals surface area (Å²) >= 11 is 25.2. The molecule has 2 atom stereocenters. The van der Waals surface area contributed by atoms with E-state index >= 15 is 0 Å². The molecule has 0 amide bonds. The smallest absolute Gasteiger partial charge is 0.147 e. The molecule has 0 bridgehead atoms. The fraction of sp³-hybridized carbons (Fsp3) is 0.478. The van der Waals surface area contributed by atoms with Gasteiger partial charge in [0.2, 0.25) is 0 Å². The summed E-state index contributed by atoms with van der Waals surface area (Å²) in [6.45, 7) is 7.14. The first kappa shape index (κ1) is 30.6. The second-order valence-corrected chi connectivity index (χ2v) is 14.3. The van der Waals surface area contributed by atoms with Crippen LogP contribution in [-0.4, -0.2) is 40.4 Å². The van der Waals surface area contributed by atoms with Crippen LogP contribution in [0.4, 0.5) is 0 Å². The zero-order chi connectivity index (χ0) is 24.8. The minimum Gasteiger partial charge on any atom is -0.490 e.